The average Bonchev–Trinajstić information content (AvgIpc) is 2.66. The normalized spacial score (nSPS) is 23.2. The van der Waals surface area contributed by atoms with Crippen LogP contribution in [-0.2, 0) is 6.54 Å². The molecule has 2 fully saturated rings. The first kappa shape index (κ1) is 10.2. The fourth-order valence-electron chi connectivity index (χ4n) is 2.30. The predicted octanol–water partition coefficient (Wildman–Crippen LogP) is -0.197. The molecule has 0 atom stereocenters. The molecule has 1 saturated carbocycles. The van der Waals surface area contributed by atoms with Gasteiger partial charge in [0.15, 0.2) is 5.82 Å². The maximum atomic E-state index is 4.15. The molecule has 1 aromatic heterocycles. The summed E-state index contributed by atoms with van der Waals surface area (Å²) >= 11 is 0. The molecule has 0 unspecified atom stereocenters. The molecule has 0 amide bonds. The first-order valence-electron chi connectivity index (χ1n) is 6.13. The third-order valence-electron chi connectivity index (χ3n) is 3.56. The Morgan fingerprint density at radius 2 is 2.06 bits per heavy atom. The van der Waals surface area contributed by atoms with E-state index in [1.54, 1.807) is 0 Å². The predicted molar refractivity (Wildman–Crippen MR) is 58.9 cm³/mol. The number of aromatic nitrogens is 4. The molecule has 0 aromatic carbocycles. The highest BCUT2D eigenvalue weighted by Crippen LogP contribution is 2.31. The Kier molecular flexibility index (Phi) is 2.84. The number of rotatable bonds is 3. The Bertz CT molecular complexity index is 339. The van der Waals surface area contributed by atoms with E-state index in [4.69, 9.17) is 0 Å². The molecule has 1 aliphatic heterocycles. The van der Waals surface area contributed by atoms with Gasteiger partial charge in [-0.15, -0.1) is 5.10 Å². The molecule has 1 N–H and O–H groups in total. The van der Waals surface area contributed by atoms with Crippen LogP contribution in [0.25, 0.3) is 0 Å². The molecule has 2 heterocycles. The van der Waals surface area contributed by atoms with Crippen molar-refractivity contribution in [3.05, 3.63) is 5.82 Å². The van der Waals surface area contributed by atoms with Gasteiger partial charge < -0.3 is 5.32 Å². The maximum absolute atomic E-state index is 4.15. The summed E-state index contributed by atoms with van der Waals surface area (Å²) in [5, 5.41) is 15.4. The molecule has 1 aliphatic carbocycles. The van der Waals surface area contributed by atoms with Crippen molar-refractivity contribution in [2.45, 2.75) is 31.8 Å². The highest BCUT2D eigenvalue weighted by Gasteiger charge is 2.24. The van der Waals surface area contributed by atoms with Gasteiger partial charge >= 0.3 is 0 Å². The zero-order valence-electron chi connectivity index (χ0n) is 9.47. The van der Waals surface area contributed by atoms with E-state index in [1.165, 1.54) is 19.3 Å². The maximum Gasteiger partial charge on any atom is 0.165 e. The van der Waals surface area contributed by atoms with Gasteiger partial charge in [-0.05, 0) is 29.7 Å². The highest BCUT2D eigenvalue weighted by atomic mass is 15.6. The van der Waals surface area contributed by atoms with E-state index in [1.807, 2.05) is 4.68 Å². The SMILES string of the molecule is C1CC(n2nnnc2CN2CCNCC2)C1. The van der Waals surface area contributed by atoms with Crippen LogP contribution in [0.1, 0.15) is 31.1 Å². The van der Waals surface area contributed by atoms with Crippen molar-refractivity contribution in [3.8, 4) is 0 Å². The van der Waals surface area contributed by atoms with Gasteiger partial charge in [-0.25, -0.2) is 4.68 Å². The lowest BCUT2D eigenvalue weighted by Crippen LogP contribution is -2.43. The molecule has 1 saturated heterocycles. The highest BCUT2D eigenvalue weighted by molar-refractivity contribution is 4.88. The van der Waals surface area contributed by atoms with Gasteiger partial charge in [0.1, 0.15) is 0 Å². The van der Waals surface area contributed by atoms with E-state index in [9.17, 15) is 0 Å². The fraction of sp³-hybridized carbons (Fsp3) is 0.900. The van der Waals surface area contributed by atoms with Crippen LogP contribution < -0.4 is 5.32 Å². The van der Waals surface area contributed by atoms with Crippen LogP contribution in [0.4, 0.5) is 0 Å². The summed E-state index contributed by atoms with van der Waals surface area (Å²) in [5.74, 6) is 1.03. The Morgan fingerprint density at radius 1 is 1.25 bits per heavy atom. The minimum atomic E-state index is 0.563. The molecular weight excluding hydrogens is 204 g/mol. The van der Waals surface area contributed by atoms with E-state index in [-0.39, 0.29) is 0 Å². The molecule has 0 bridgehead atoms. The van der Waals surface area contributed by atoms with Crippen LogP contribution in [0.3, 0.4) is 0 Å². The van der Waals surface area contributed by atoms with Crippen LogP contribution in [0.15, 0.2) is 0 Å². The van der Waals surface area contributed by atoms with Crippen molar-refractivity contribution in [1.82, 2.24) is 30.4 Å². The second-order valence-electron chi connectivity index (χ2n) is 4.65. The monoisotopic (exact) mass is 222 g/mol. The number of hydrogen-bond donors (Lipinski definition) is 1. The van der Waals surface area contributed by atoms with Gasteiger partial charge in [0.05, 0.1) is 12.6 Å². The standard InChI is InChI=1S/C10H18N6/c1-2-9(3-1)16-10(12-13-14-16)8-15-6-4-11-5-7-15/h9,11H,1-8H2. The molecule has 16 heavy (non-hydrogen) atoms. The largest absolute Gasteiger partial charge is 0.314 e. The molecule has 0 radical (unpaired) electrons. The summed E-state index contributed by atoms with van der Waals surface area (Å²) in [5.41, 5.74) is 0. The zero-order chi connectivity index (χ0) is 10.8. The van der Waals surface area contributed by atoms with Crippen LogP contribution in [0.5, 0.6) is 0 Å². The summed E-state index contributed by atoms with van der Waals surface area (Å²) in [6.07, 6.45) is 3.79. The summed E-state index contributed by atoms with van der Waals surface area (Å²) < 4.78 is 2.03. The van der Waals surface area contributed by atoms with E-state index < -0.39 is 0 Å². The summed E-state index contributed by atoms with van der Waals surface area (Å²) in [6, 6.07) is 0.563. The fourth-order valence-corrected chi connectivity index (χ4v) is 2.30. The van der Waals surface area contributed by atoms with Crippen LogP contribution in [0, 0.1) is 0 Å². The quantitative estimate of drug-likeness (QED) is 0.767. The third kappa shape index (κ3) is 1.94. The average molecular weight is 222 g/mol. The number of hydrogen-bond acceptors (Lipinski definition) is 5. The first-order chi connectivity index (χ1) is 7.93. The van der Waals surface area contributed by atoms with Crippen LogP contribution in [0.2, 0.25) is 0 Å². The van der Waals surface area contributed by atoms with Crippen molar-refractivity contribution in [1.29, 1.82) is 0 Å². The van der Waals surface area contributed by atoms with Gasteiger partial charge in [0.2, 0.25) is 0 Å². The molecule has 6 nitrogen and oxygen atoms in total. The van der Waals surface area contributed by atoms with E-state index in [0.717, 1.165) is 38.5 Å². The lowest BCUT2D eigenvalue weighted by molar-refractivity contribution is 0.210. The van der Waals surface area contributed by atoms with Gasteiger partial charge in [-0.2, -0.15) is 0 Å². The lowest BCUT2D eigenvalue weighted by Gasteiger charge is -2.29. The molecule has 3 rings (SSSR count). The number of tetrazole rings is 1. The molecule has 88 valence electrons. The van der Waals surface area contributed by atoms with Crippen LogP contribution >= 0.6 is 0 Å². The smallest absolute Gasteiger partial charge is 0.165 e. The first-order valence-corrected chi connectivity index (χ1v) is 6.13. The van der Waals surface area contributed by atoms with Crippen molar-refractivity contribution in [2.24, 2.45) is 0 Å². The molecular formula is C10H18N6. The van der Waals surface area contributed by atoms with Crippen molar-refractivity contribution >= 4 is 0 Å². The van der Waals surface area contributed by atoms with Crippen LogP contribution in [-0.4, -0.2) is 51.3 Å². The number of piperazine rings is 1. The van der Waals surface area contributed by atoms with E-state index in [0.29, 0.717) is 6.04 Å². The topological polar surface area (TPSA) is 58.9 Å². The minimum absolute atomic E-state index is 0.563. The third-order valence-corrected chi connectivity index (χ3v) is 3.56. The van der Waals surface area contributed by atoms with Gasteiger partial charge in [0.25, 0.3) is 0 Å². The summed E-state index contributed by atoms with van der Waals surface area (Å²) in [7, 11) is 0. The molecule has 0 spiro atoms. The van der Waals surface area contributed by atoms with Crippen molar-refractivity contribution in [3.63, 3.8) is 0 Å². The Hall–Kier alpha value is -1.01. The second kappa shape index (κ2) is 4.47. The van der Waals surface area contributed by atoms with E-state index >= 15 is 0 Å². The van der Waals surface area contributed by atoms with Gasteiger partial charge in [0, 0.05) is 26.2 Å². The zero-order valence-corrected chi connectivity index (χ0v) is 9.47. The second-order valence-corrected chi connectivity index (χ2v) is 4.65. The molecule has 1 aromatic rings. The number of nitrogens with zero attached hydrogens (tertiary/aromatic N) is 5. The van der Waals surface area contributed by atoms with Gasteiger partial charge in [-0.3, -0.25) is 4.90 Å². The van der Waals surface area contributed by atoms with Crippen molar-refractivity contribution < 1.29 is 0 Å². The Morgan fingerprint density at radius 3 is 2.75 bits per heavy atom. The Labute approximate surface area is 95.0 Å². The number of nitrogens with one attached hydrogen (secondary N) is 1. The van der Waals surface area contributed by atoms with E-state index in [2.05, 4.69) is 25.7 Å². The lowest BCUT2D eigenvalue weighted by atomic mass is 9.93. The summed E-state index contributed by atoms with van der Waals surface area (Å²) in [4.78, 5) is 2.41. The summed E-state index contributed by atoms with van der Waals surface area (Å²) in [6.45, 7) is 5.23. The minimum Gasteiger partial charge on any atom is -0.314 e. The van der Waals surface area contributed by atoms with Crippen molar-refractivity contribution in [2.75, 3.05) is 26.2 Å². The molecule has 6 heteroatoms. The Balaban J connectivity index is 1.66. The van der Waals surface area contributed by atoms with Gasteiger partial charge in [-0.1, -0.05) is 0 Å². The molecule has 2 aliphatic rings.